The number of aromatic nitrogens is 2. The number of nitrogens with one attached hydrogen (secondary N) is 1. The van der Waals surface area contributed by atoms with E-state index >= 15 is 0 Å². The maximum Gasteiger partial charge on any atom is 0.306 e. The minimum atomic E-state index is -0.515. The topological polar surface area (TPSA) is 90.3 Å². The van der Waals surface area contributed by atoms with Crippen LogP contribution in [0.3, 0.4) is 0 Å². The highest BCUT2D eigenvalue weighted by molar-refractivity contribution is 5.80. The summed E-state index contributed by atoms with van der Waals surface area (Å²) in [6.07, 6.45) is 0.282. The van der Waals surface area contributed by atoms with E-state index in [1.165, 1.54) is 4.57 Å². The van der Waals surface area contributed by atoms with Gasteiger partial charge in [0.05, 0.1) is 17.3 Å². The lowest BCUT2D eigenvalue weighted by molar-refractivity contribution is -0.148. The smallest absolute Gasteiger partial charge is 0.306 e. The van der Waals surface area contributed by atoms with E-state index in [0.717, 1.165) is 11.1 Å². The van der Waals surface area contributed by atoms with Crippen LogP contribution in [0.5, 0.6) is 0 Å². The molecule has 0 aliphatic rings. The maximum atomic E-state index is 12.4. The Morgan fingerprint density at radius 3 is 2.62 bits per heavy atom. The summed E-state index contributed by atoms with van der Waals surface area (Å²) in [5.74, 6) is -0.383. The number of para-hydroxylation sites is 1. The molecule has 0 saturated heterocycles. The monoisotopic (exact) mass is 393 g/mol. The van der Waals surface area contributed by atoms with Crippen LogP contribution in [0.25, 0.3) is 10.9 Å². The minimum Gasteiger partial charge on any atom is -0.456 e. The zero-order valence-corrected chi connectivity index (χ0v) is 16.5. The molecule has 0 bridgehead atoms. The second-order valence-corrected chi connectivity index (χ2v) is 6.77. The average molecular weight is 393 g/mol. The van der Waals surface area contributed by atoms with E-state index in [4.69, 9.17) is 4.74 Å². The van der Waals surface area contributed by atoms with Crippen LogP contribution >= 0.6 is 0 Å². The quantitative estimate of drug-likeness (QED) is 0.621. The number of hydrogen-bond acceptors (Lipinski definition) is 5. The number of fused-ring (bicyclic) bond motifs is 1. The molecule has 3 rings (SSSR count). The highest BCUT2D eigenvalue weighted by Gasteiger charge is 2.12. The first-order valence-corrected chi connectivity index (χ1v) is 9.37. The van der Waals surface area contributed by atoms with Crippen LogP contribution in [0.15, 0.2) is 53.3 Å². The Morgan fingerprint density at radius 1 is 1.10 bits per heavy atom. The molecule has 0 spiro atoms. The van der Waals surface area contributed by atoms with E-state index in [-0.39, 0.29) is 30.9 Å². The fourth-order valence-corrected chi connectivity index (χ4v) is 2.97. The molecule has 1 aromatic heterocycles. The number of rotatable bonds is 7. The fourth-order valence-electron chi connectivity index (χ4n) is 2.97. The summed E-state index contributed by atoms with van der Waals surface area (Å²) in [5.41, 5.74) is 2.53. The summed E-state index contributed by atoms with van der Waals surface area (Å²) in [5, 5.41) is 3.27. The normalized spacial score (nSPS) is 10.7. The number of hydrogen-bond donors (Lipinski definition) is 1. The van der Waals surface area contributed by atoms with Crippen molar-refractivity contribution in [3.05, 3.63) is 75.8 Å². The molecule has 0 radical (unpaired) electrons. The molecule has 0 atom stereocenters. The third kappa shape index (κ3) is 5.07. The van der Waals surface area contributed by atoms with Gasteiger partial charge in [0, 0.05) is 20.0 Å². The van der Waals surface area contributed by atoms with Gasteiger partial charge in [0.2, 0.25) is 0 Å². The van der Waals surface area contributed by atoms with Gasteiger partial charge in [0.1, 0.15) is 5.82 Å². The molecule has 29 heavy (non-hydrogen) atoms. The molecule has 150 valence electrons. The SMILES string of the molecule is Cc1ccccc1CNC(=O)COC(=O)CCc1nc2ccccc2c(=O)n1C. The van der Waals surface area contributed by atoms with E-state index in [1.54, 1.807) is 25.2 Å². The lowest BCUT2D eigenvalue weighted by Crippen LogP contribution is -2.29. The van der Waals surface area contributed by atoms with Crippen molar-refractivity contribution in [1.82, 2.24) is 14.9 Å². The Labute approximate surface area is 168 Å². The minimum absolute atomic E-state index is 0.0314. The van der Waals surface area contributed by atoms with Gasteiger partial charge >= 0.3 is 5.97 Å². The predicted molar refractivity (Wildman–Crippen MR) is 109 cm³/mol. The number of aryl methyl sites for hydroxylation is 2. The zero-order valence-electron chi connectivity index (χ0n) is 16.5. The number of carbonyl (C=O) groups excluding carboxylic acids is 2. The lowest BCUT2D eigenvalue weighted by Gasteiger charge is -2.10. The van der Waals surface area contributed by atoms with Gasteiger partial charge in [-0.15, -0.1) is 0 Å². The molecule has 0 aliphatic heterocycles. The molecule has 3 aromatic rings. The molecule has 0 fully saturated rings. The first-order valence-electron chi connectivity index (χ1n) is 9.37. The average Bonchev–Trinajstić information content (AvgIpc) is 2.73. The van der Waals surface area contributed by atoms with Gasteiger partial charge in [-0.1, -0.05) is 36.4 Å². The van der Waals surface area contributed by atoms with Crippen molar-refractivity contribution in [2.75, 3.05) is 6.61 Å². The number of benzene rings is 2. The van der Waals surface area contributed by atoms with Gasteiger partial charge in [-0.3, -0.25) is 19.0 Å². The Balaban J connectivity index is 1.49. The fraction of sp³-hybridized carbons (Fsp3) is 0.273. The van der Waals surface area contributed by atoms with E-state index in [9.17, 15) is 14.4 Å². The largest absolute Gasteiger partial charge is 0.456 e. The molecule has 7 heteroatoms. The Morgan fingerprint density at radius 2 is 1.83 bits per heavy atom. The first-order chi connectivity index (χ1) is 14.0. The summed E-state index contributed by atoms with van der Waals surface area (Å²) in [6, 6.07) is 14.8. The molecule has 0 unspecified atom stereocenters. The molecule has 1 N–H and O–H groups in total. The molecular weight excluding hydrogens is 370 g/mol. The van der Waals surface area contributed by atoms with Crippen molar-refractivity contribution in [2.45, 2.75) is 26.3 Å². The standard InChI is InChI=1S/C22H23N3O4/c1-15-7-3-4-8-16(15)13-23-20(26)14-29-21(27)12-11-19-24-18-10-6-5-9-17(18)22(28)25(19)2/h3-10H,11-14H2,1-2H3,(H,23,26). The van der Waals surface area contributed by atoms with Gasteiger partial charge < -0.3 is 10.1 Å². The number of nitrogens with zero attached hydrogens (tertiary/aromatic N) is 2. The van der Waals surface area contributed by atoms with Crippen molar-refractivity contribution in [3.8, 4) is 0 Å². The van der Waals surface area contributed by atoms with Crippen LogP contribution in [0.2, 0.25) is 0 Å². The highest BCUT2D eigenvalue weighted by atomic mass is 16.5. The van der Waals surface area contributed by atoms with Crippen molar-refractivity contribution < 1.29 is 14.3 Å². The van der Waals surface area contributed by atoms with Crippen molar-refractivity contribution in [2.24, 2.45) is 7.05 Å². The van der Waals surface area contributed by atoms with Gasteiger partial charge in [0.15, 0.2) is 6.61 Å². The van der Waals surface area contributed by atoms with E-state index in [0.29, 0.717) is 23.3 Å². The summed E-state index contributed by atoms with van der Waals surface area (Å²) >= 11 is 0. The van der Waals surface area contributed by atoms with E-state index < -0.39 is 5.97 Å². The predicted octanol–water partition coefficient (Wildman–Crippen LogP) is 2.03. The Kier molecular flexibility index (Phi) is 6.39. The summed E-state index contributed by atoms with van der Waals surface area (Å²) in [4.78, 5) is 40.7. The molecule has 2 aromatic carbocycles. The van der Waals surface area contributed by atoms with E-state index in [1.807, 2.05) is 37.3 Å². The van der Waals surface area contributed by atoms with Crippen LogP contribution in [0.4, 0.5) is 0 Å². The Bertz CT molecular complexity index is 1100. The second kappa shape index (κ2) is 9.14. The molecule has 7 nitrogen and oxygen atoms in total. The van der Waals surface area contributed by atoms with Crippen LogP contribution in [-0.2, 0) is 34.3 Å². The van der Waals surface area contributed by atoms with E-state index in [2.05, 4.69) is 10.3 Å². The molecular formula is C22H23N3O4. The third-order valence-electron chi connectivity index (χ3n) is 4.73. The van der Waals surface area contributed by atoms with Gasteiger partial charge in [0.25, 0.3) is 11.5 Å². The zero-order chi connectivity index (χ0) is 20.8. The number of amides is 1. The van der Waals surface area contributed by atoms with Crippen LogP contribution < -0.4 is 10.9 Å². The lowest BCUT2D eigenvalue weighted by atomic mass is 10.1. The van der Waals surface area contributed by atoms with Crippen LogP contribution in [0.1, 0.15) is 23.4 Å². The van der Waals surface area contributed by atoms with Crippen LogP contribution in [0, 0.1) is 6.92 Å². The maximum absolute atomic E-state index is 12.4. The summed E-state index contributed by atoms with van der Waals surface area (Å²) in [7, 11) is 1.63. The van der Waals surface area contributed by atoms with Crippen molar-refractivity contribution in [3.63, 3.8) is 0 Å². The van der Waals surface area contributed by atoms with Gasteiger partial charge in [-0.25, -0.2) is 4.98 Å². The first kappa shape index (κ1) is 20.3. The van der Waals surface area contributed by atoms with Crippen molar-refractivity contribution in [1.29, 1.82) is 0 Å². The summed E-state index contributed by atoms with van der Waals surface area (Å²) in [6.45, 7) is 2.01. The third-order valence-corrected chi connectivity index (χ3v) is 4.73. The van der Waals surface area contributed by atoms with Gasteiger partial charge in [-0.2, -0.15) is 0 Å². The molecule has 0 aliphatic carbocycles. The van der Waals surface area contributed by atoms with Gasteiger partial charge in [-0.05, 0) is 30.2 Å². The number of ether oxygens (including phenoxy) is 1. The second-order valence-electron chi connectivity index (χ2n) is 6.77. The molecule has 0 saturated carbocycles. The highest BCUT2D eigenvalue weighted by Crippen LogP contribution is 2.09. The van der Waals surface area contributed by atoms with Crippen molar-refractivity contribution >= 4 is 22.8 Å². The van der Waals surface area contributed by atoms with Crippen LogP contribution in [-0.4, -0.2) is 28.0 Å². The summed E-state index contributed by atoms with van der Waals surface area (Å²) < 4.78 is 6.47. The number of esters is 1. The molecule has 1 heterocycles. The Hall–Kier alpha value is -3.48. The number of carbonyl (C=O) groups is 2. The molecule has 1 amide bonds.